The SMILES string of the molecule is CC1(C)CCCC(Nc2ccc(Br)cc2Cl)C1. The van der Waals surface area contributed by atoms with E-state index in [-0.39, 0.29) is 0 Å². The first-order valence-corrected chi connectivity index (χ1v) is 7.35. The van der Waals surface area contributed by atoms with Crippen molar-refractivity contribution in [2.75, 3.05) is 5.32 Å². The van der Waals surface area contributed by atoms with Gasteiger partial charge in [0.1, 0.15) is 0 Å². The average Bonchev–Trinajstić information content (AvgIpc) is 2.21. The van der Waals surface area contributed by atoms with Gasteiger partial charge in [-0.3, -0.25) is 0 Å². The van der Waals surface area contributed by atoms with Crippen LogP contribution in [0.2, 0.25) is 5.02 Å². The molecule has 1 aliphatic rings. The number of nitrogens with one attached hydrogen (secondary N) is 1. The summed E-state index contributed by atoms with van der Waals surface area (Å²) in [5.74, 6) is 0. The Morgan fingerprint density at radius 3 is 2.82 bits per heavy atom. The first kappa shape index (κ1) is 13.2. The fourth-order valence-corrected chi connectivity index (χ4v) is 3.38. The summed E-state index contributed by atoms with van der Waals surface area (Å²) in [4.78, 5) is 0. The monoisotopic (exact) mass is 315 g/mol. The zero-order valence-electron chi connectivity index (χ0n) is 10.4. The molecule has 1 nitrogen and oxygen atoms in total. The van der Waals surface area contributed by atoms with E-state index >= 15 is 0 Å². The van der Waals surface area contributed by atoms with Gasteiger partial charge in [0.05, 0.1) is 10.7 Å². The first-order valence-electron chi connectivity index (χ1n) is 6.18. The van der Waals surface area contributed by atoms with Gasteiger partial charge in [0.25, 0.3) is 0 Å². The number of hydrogen-bond donors (Lipinski definition) is 1. The predicted octanol–water partition coefficient (Wildman–Crippen LogP) is 5.48. The highest BCUT2D eigenvalue weighted by molar-refractivity contribution is 9.10. The smallest absolute Gasteiger partial charge is 0.0648 e. The lowest BCUT2D eigenvalue weighted by atomic mass is 9.75. The molecular formula is C14H19BrClN. The Labute approximate surface area is 117 Å². The first-order chi connectivity index (χ1) is 7.96. The van der Waals surface area contributed by atoms with Gasteiger partial charge in [-0.25, -0.2) is 0 Å². The summed E-state index contributed by atoms with van der Waals surface area (Å²) in [5.41, 5.74) is 1.51. The molecule has 0 bridgehead atoms. The molecule has 17 heavy (non-hydrogen) atoms. The van der Waals surface area contributed by atoms with E-state index in [0.717, 1.165) is 15.2 Å². The van der Waals surface area contributed by atoms with Gasteiger partial charge < -0.3 is 5.32 Å². The third kappa shape index (κ3) is 3.62. The molecule has 1 N–H and O–H groups in total. The van der Waals surface area contributed by atoms with Crippen LogP contribution < -0.4 is 5.32 Å². The highest BCUT2D eigenvalue weighted by Crippen LogP contribution is 2.37. The van der Waals surface area contributed by atoms with Crippen molar-refractivity contribution >= 4 is 33.2 Å². The van der Waals surface area contributed by atoms with Crippen LogP contribution in [0.5, 0.6) is 0 Å². The lowest BCUT2D eigenvalue weighted by molar-refractivity contribution is 0.229. The Bertz CT molecular complexity index is 403. The summed E-state index contributed by atoms with van der Waals surface area (Å²) < 4.78 is 1.03. The van der Waals surface area contributed by atoms with E-state index in [1.165, 1.54) is 25.7 Å². The van der Waals surface area contributed by atoms with E-state index in [2.05, 4.69) is 35.1 Å². The molecule has 0 aliphatic heterocycles. The topological polar surface area (TPSA) is 12.0 Å². The Kier molecular flexibility index (Phi) is 4.04. The number of rotatable bonds is 2. The lowest BCUT2D eigenvalue weighted by Gasteiger charge is -2.36. The molecule has 94 valence electrons. The summed E-state index contributed by atoms with van der Waals surface area (Å²) in [6.07, 6.45) is 5.10. The Morgan fingerprint density at radius 1 is 1.41 bits per heavy atom. The van der Waals surface area contributed by atoms with E-state index in [1.807, 2.05) is 18.2 Å². The van der Waals surface area contributed by atoms with Crippen molar-refractivity contribution in [3.63, 3.8) is 0 Å². The van der Waals surface area contributed by atoms with Gasteiger partial charge in [-0.2, -0.15) is 0 Å². The number of anilines is 1. The lowest BCUT2D eigenvalue weighted by Crippen LogP contribution is -2.31. The highest BCUT2D eigenvalue weighted by atomic mass is 79.9. The van der Waals surface area contributed by atoms with Gasteiger partial charge >= 0.3 is 0 Å². The minimum absolute atomic E-state index is 0.456. The van der Waals surface area contributed by atoms with Gasteiger partial charge in [-0.05, 0) is 42.9 Å². The Morgan fingerprint density at radius 2 is 2.18 bits per heavy atom. The van der Waals surface area contributed by atoms with Gasteiger partial charge in [0.2, 0.25) is 0 Å². The molecule has 1 aromatic rings. The van der Waals surface area contributed by atoms with Crippen molar-refractivity contribution in [3.05, 3.63) is 27.7 Å². The normalized spacial score (nSPS) is 23.4. The molecule has 1 aliphatic carbocycles. The second-order valence-corrected chi connectivity index (χ2v) is 7.05. The molecule has 1 unspecified atom stereocenters. The maximum Gasteiger partial charge on any atom is 0.0648 e. The maximum absolute atomic E-state index is 6.23. The summed E-state index contributed by atoms with van der Waals surface area (Å²) in [6, 6.07) is 6.58. The molecule has 0 aromatic heterocycles. The van der Waals surface area contributed by atoms with E-state index in [4.69, 9.17) is 11.6 Å². The van der Waals surface area contributed by atoms with Crippen LogP contribution in [0.3, 0.4) is 0 Å². The van der Waals surface area contributed by atoms with Crippen LogP contribution >= 0.6 is 27.5 Å². The van der Waals surface area contributed by atoms with Crippen molar-refractivity contribution in [2.24, 2.45) is 5.41 Å². The van der Waals surface area contributed by atoms with E-state index in [1.54, 1.807) is 0 Å². The van der Waals surface area contributed by atoms with E-state index < -0.39 is 0 Å². The van der Waals surface area contributed by atoms with Gasteiger partial charge in [0, 0.05) is 10.5 Å². The highest BCUT2D eigenvalue weighted by Gasteiger charge is 2.27. The minimum atomic E-state index is 0.456. The second kappa shape index (κ2) is 5.19. The third-order valence-electron chi connectivity index (χ3n) is 3.50. The molecule has 1 atom stereocenters. The number of benzene rings is 1. The summed E-state index contributed by atoms with van der Waals surface area (Å²) in [6.45, 7) is 4.70. The fraction of sp³-hybridized carbons (Fsp3) is 0.571. The van der Waals surface area contributed by atoms with Crippen LogP contribution in [0, 0.1) is 5.41 Å². The van der Waals surface area contributed by atoms with E-state index in [9.17, 15) is 0 Å². The van der Waals surface area contributed by atoms with Crippen LogP contribution in [0.25, 0.3) is 0 Å². The minimum Gasteiger partial charge on any atom is -0.381 e. The van der Waals surface area contributed by atoms with Crippen molar-refractivity contribution in [1.82, 2.24) is 0 Å². The van der Waals surface area contributed by atoms with Gasteiger partial charge in [0.15, 0.2) is 0 Å². The summed E-state index contributed by atoms with van der Waals surface area (Å²) in [5, 5.41) is 4.37. The Hall–Kier alpha value is -0.210. The standard InChI is InChI=1S/C14H19BrClN/c1-14(2)7-3-4-11(9-14)17-13-6-5-10(15)8-12(13)16/h5-6,8,11,17H,3-4,7,9H2,1-2H3. The maximum atomic E-state index is 6.23. The molecule has 0 heterocycles. The molecule has 0 radical (unpaired) electrons. The molecule has 1 saturated carbocycles. The second-order valence-electron chi connectivity index (χ2n) is 5.73. The number of halogens is 2. The molecule has 0 spiro atoms. The molecule has 1 aromatic carbocycles. The van der Waals surface area contributed by atoms with Crippen LogP contribution in [0.15, 0.2) is 22.7 Å². The summed E-state index contributed by atoms with van der Waals surface area (Å²) >= 11 is 9.65. The molecule has 0 amide bonds. The fourth-order valence-electron chi connectivity index (χ4n) is 2.65. The summed E-state index contributed by atoms with van der Waals surface area (Å²) in [7, 11) is 0. The number of hydrogen-bond acceptors (Lipinski definition) is 1. The van der Waals surface area contributed by atoms with Crippen LogP contribution in [0.4, 0.5) is 5.69 Å². The Balaban J connectivity index is 2.05. The molecule has 1 fully saturated rings. The molecule has 0 saturated heterocycles. The molecule has 2 rings (SSSR count). The van der Waals surface area contributed by atoms with Gasteiger partial charge in [-0.15, -0.1) is 0 Å². The zero-order chi connectivity index (χ0) is 12.5. The molecule has 3 heteroatoms. The predicted molar refractivity (Wildman–Crippen MR) is 78.8 cm³/mol. The third-order valence-corrected chi connectivity index (χ3v) is 4.30. The van der Waals surface area contributed by atoms with Crippen molar-refractivity contribution in [3.8, 4) is 0 Å². The zero-order valence-corrected chi connectivity index (χ0v) is 12.7. The van der Waals surface area contributed by atoms with Crippen LogP contribution in [-0.4, -0.2) is 6.04 Å². The van der Waals surface area contributed by atoms with Crippen LogP contribution in [-0.2, 0) is 0 Å². The van der Waals surface area contributed by atoms with Crippen LogP contribution in [0.1, 0.15) is 39.5 Å². The van der Waals surface area contributed by atoms with Crippen molar-refractivity contribution in [2.45, 2.75) is 45.6 Å². The van der Waals surface area contributed by atoms with Gasteiger partial charge in [-0.1, -0.05) is 47.8 Å². The quantitative estimate of drug-likeness (QED) is 0.761. The largest absolute Gasteiger partial charge is 0.381 e. The van der Waals surface area contributed by atoms with Crippen molar-refractivity contribution < 1.29 is 0 Å². The molecular weight excluding hydrogens is 298 g/mol. The average molecular weight is 317 g/mol. The van der Waals surface area contributed by atoms with E-state index in [0.29, 0.717) is 11.5 Å². The van der Waals surface area contributed by atoms with Crippen molar-refractivity contribution in [1.29, 1.82) is 0 Å².